The molecule has 0 radical (unpaired) electrons. The second-order valence-electron chi connectivity index (χ2n) is 3.93. The predicted molar refractivity (Wildman–Crippen MR) is 60.0 cm³/mol. The molecule has 0 aromatic carbocycles. The van der Waals surface area contributed by atoms with Crippen LogP contribution in [0, 0.1) is 0 Å². The highest BCUT2D eigenvalue weighted by Gasteiger charge is 2.22. The van der Waals surface area contributed by atoms with Crippen LogP contribution >= 0.6 is 0 Å². The third-order valence-electron chi connectivity index (χ3n) is 2.17. The molecule has 0 heterocycles. The van der Waals surface area contributed by atoms with Crippen LogP contribution in [-0.4, -0.2) is 23.6 Å². The van der Waals surface area contributed by atoms with E-state index in [1.165, 1.54) is 13.8 Å². The van der Waals surface area contributed by atoms with Gasteiger partial charge in [0.1, 0.15) is 5.78 Å². The van der Waals surface area contributed by atoms with Crippen LogP contribution < -0.4 is 0 Å². The lowest BCUT2D eigenvalue weighted by atomic mass is 10.0. The first kappa shape index (κ1) is 14.8. The Hall–Kier alpha value is -1.19. The van der Waals surface area contributed by atoms with Gasteiger partial charge >= 0.3 is 5.97 Å². The van der Waals surface area contributed by atoms with Crippen LogP contribution in [0.4, 0.5) is 0 Å². The zero-order valence-corrected chi connectivity index (χ0v) is 10.2. The van der Waals surface area contributed by atoms with Gasteiger partial charge in [-0.1, -0.05) is 19.8 Å². The highest BCUT2D eigenvalue weighted by Crippen LogP contribution is 2.08. The summed E-state index contributed by atoms with van der Waals surface area (Å²) in [5, 5.41) is 0. The van der Waals surface area contributed by atoms with Crippen LogP contribution in [0.1, 0.15) is 52.9 Å². The Kier molecular flexibility index (Phi) is 7.42. The molecule has 0 aliphatic heterocycles. The van der Waals surface area contributed by atoms with E-state index >= 15 is 0 Å². The van der Waals surface area contributed by atoms with Crippen molar-refractivity contribution in [3.63, 3.8) is 0 Å². The van der Waals surface area contributed by atoms with Gasteiger partial charge in [-0.15, -0.1) is 0 Å². The number of carbonyl (C=O) groups is 3. The van der Waals surface area contributed by atoms with Gasteiger partial charge in [0.2, 0.25) is 0 Å². The number of unbranched alkanes of at least 4 members (excludes halogenated alkanes) is 2. The van der Waals surface area contributed by atoms with Gasteiger partial charge in [-0.2, -0.15) is 0 Å². The number of ketones is 2. The molecular weight excluding hydrogens is 208 g/mol. The number of ether oxygens (including phenoxy) is 1. The first-order chi connectivity index (χ1) is 7.47. The van der Waals surface area contributed by atoms with Gasteiger partial charge in [0.25, 0.3) is 0 Å². The van der Waals surface area contributed by atoms with Crippen molar-refractivity contribution in [3.05, 3.63) is 0 Å². The molecule has 4 nitrogen and oxygen atoms in total. The van der Waals surface area contributed by atoms with Crippen molar-refractivity contribution in [3.8, 4) is 0 Å². The van der Waals surface area contributed by atoms with Gasteiger partial charge < -0.3 is 4.74 Å². The van der Waals surface area contributed by atoms with E-state index in [0.29, 0.717) is 6.42 Å². The summed E-state index contributed by atoms with van der Waals surface area (Å²) in [7, 11) is 0. The van der Waals surface area contributed by atoms with E-state index in [9.17, 15) is 14.4 Å². The fraction of sp³-hybridized carbons (Fsp3) is 0.750. The van der Waals surface area contributed by atoms with Gasteiger partial charge in [-0.3, -0.25) is 14.4 Å². The number of Topliss-reactive ketones (excluding diaryl/α,β-unsaturated/α-hetero) is 2. The van der Waals surface area contributed by atoms with E-state index in [1.54, 1.807) is 0 Å². The molecule has 0 saturated heterocycles. The standard InChI is InChI=1S/C12H20O4/c1-4-5-6-7-11(15)12(8-9(2)13)16-10(3)14/h12H,4-8H2,1-3H3/t12-/m1/s1. The van der Waals surface area contributed by atoms with Gasteiger partial charge in [0.15, 0.2) is 11.9 Å². The quantitative estimate of drug-likeness (QED) is 0.471. The number of esters is 1. The second kappa shape index (κ2) is 8.02. The summed E-state index contributed by atoms with van der Waals surface area (Å²) >= 11 is 0. The SMILES string of the molecule is CCCCCC(=O)[C@@H](CC(C)=O)OC(C)=O. The molecule has 0 rings (SSSR count). The summed E-state index contributed by atoms with van der Waals surface area (Å²) in [4.78, 5) is 33.4. The Morgan fingerprint density at radius 2 is 1.75 bits per heavy atom. The molecule has 0 aliphatic carbocycles. The van der Waals surface area contributed by atoms with Gasteiger partial charge in [-0.05, 0) is 13.3 Å². The second-order valence-corrected chi connectivity index (χ2v) is 3.93. The monoisotopic (exact) mass is 228 g/mol. The van der Waals surface area contributed by atoms with E-state index in [4.69, 9.17) is 4.74 Å². The summed E-state index contributed by atoms with van der Waals surface area (Å²) in [6, 6.07) is 0. The average molecular weight is 228 g/mol. The molecule has 0 unspecified atom stereocenters. The summed E-state index contributed by atoms with van der Waals surface area (Å²) in [5.41, 5.74) is 0. The van der Waals surface area contributed by atoms with Crippen molar-refractivity contribution in [2.75, 3.05) is 0 Å². The molecule has 0 N–H and O–H groups in total. The molecule has 4 heteroatoms. The fourth-order valence-electron chi connectivity index (χ4n) is 1.39. The molecule has 16 heavy (non-hydrogen) atoms. The smallest absolute Gasteiger partial charge is 0.303 e. The van der Waals surface area contributed by atoms with Crippen LogP contribution in [0.2, 0.25) is 0 Å². The zero-order chi connectivity index (χ0) is 12.6. The van der Waals surface area contributed by atoms with Crippen molar-refractivity contribution in [1.29, 1.82) is 0 Å². The molecule has 0 bridgehead atoms. The van der Waals surface area contributed by atoms with Crippen LogP contribution in [-0.2, 0) is 19.1 Å². The number of rotatable bonds is 8. The lowest BCUT2D eigenvalue weighted by Crippen LogP contribution is -2.28. The lowest BCUT2D eigenvalue weighted by Gasteiger charge is -2.14. The van der Waals surface area contributed by atoms with Crippen LogP contribution in [0.5, 0.6) is 0 Å². The summed E-state index contributed by atoms with van der Waals surface area (Å²) in [6.07, 6.45) is 2.26. The Morgan fingerprint density at radius 1 is 1.12 bits per heavy atom. The topological polar surface area (TPSA) is 60.4 Å². The van der Waals surface area contributed by atoms with E-state index in [0.717, 1.165) is 19.3 Å². The molecule has 1 atom stereocenters. The molecule has 0 fully saturated rings. The van der Waals surface area contributed by atoms with Crippen LogP contribution in [0.15, 0.2) is 0 Å². The number of hydrogen-bond acceptors (Lipinski definition) is 4. The molecule has 0 aliphatic rings. The van der Waals surface area contributed by atoms with E-state index in [-0.39, 0.29) is 18.0 Å². The van der Waals surface area contributed by atoms with Crippen molar-refractivity contribution >= 4 is 17.5 Å². The molecular formula is C12H20O4. The molecule has 0 saturated carbocycles. The molecule has 0 aromatic heterocycles. The third-order valence-corrected chi connectivity index (χ3v) is 2.17. The third kappa shape index (κ3) is 7.15. The number of carbonyl (C=O) groups excluding carboxylic acids is 3. The fourth-order valence-corrected chi connectivity index (χ4v) is 1.39. The van der Waals surface area contributed by atoms with Crippen molar-refractivity contribution in [1.82, 2.24) is 0 Å². The van der Waals surface area contributed by atoms with Gasteiger partial charge in [-0.25, -0.2) is 0 Å². The van der Waals surface area contributed by atoms with E-state index < -0.39 is 12.1 Å². The maximum Gasteiger partial charge on any atom is 0.303 e. The molecule has 0 spiro atoms. The summed E-state index contributed by atoms with van der Waals surface area (Å²) in [6.45, 7) is 4.67. The van der Waals surface area contributed by atoms with Crippen molar-refractivity contribution in [2.24, 2.45) is 0 Å². The van der Waals surface area contributed by atoms with Crippen LogP contribution in [0.3, 0.4) is 0 Å². The minimum Gasteiger partial charge on any atom is -0.454 e. The van der Waals surface area contributed by atoms with Crippen molar-refractivity contribution in [2.45, 2.75) is 59.0 Å². The predicted octanol–water partition coefficient (Wildman–Crippen LogP) is 2.05. The van der Waals surface area contributed by atoms with E-state index in [1.807, 2.05) is 6.92 Å². The van der Waals surface area contributed by atoms with Crippen molar-refractivity contribution < 1.29 is 19.1 Å². The highest BCUT2D eigenvalue weighted by molar-refractivity contribution is 5.90. The Bertz CT molecular complexity index is 242. The maximum atomic E-state index is 11.7. The highest BCUT2D eigenvalue weighted by atomic mass is 16.5. The Morgan fingerprint density at radius 3 is 2.19 bits per heavy atom. The maximum absolute atomic E-state index is 11.7. The first-order valence-electron chi connectivity index (χ1n) is 5.66. The summed E-state index contributed by atoms with van der Waals surface area (Å²) in [5.74, 6) is -0.816. The minimum absolute atomic E-state index is 0.00939. The Balaban J connectivity index is 4.20. The lowest BCUT2D eigenvalue weighted by molar-refractivity contribution is -0.154. The zero-order valence-electron chi connectivity index (χ0n) is 10.2. The van der Waals surface area contributed by atoms with Gasteiger partial charge in [0, 0.05) is 13.3 Å². The normalized spacial score (nSPS) is 11.9. The number of hydrogen-bond donors (Lipinski definition) is 0. The summed E-state index contributed by atoms with van der Waals surface area (Å²) < 4.78 is 4.84. The van der Waals surface area contributed by atoms with E-state index in [2.05, 4.69) is 0 Å². The van der Waals surface area contributed by atoms with Gasteiger partial charge in [0.05, 0.1) is 6.42 Å². The molecule has 0 aromatic rings. The molecule has 92 valence electrons. The minimum atomic E-state index is -0.883. The first-order valence-corrected chi connectivity index (χ1v) is 5.66. The Labute approximate surface area is 96.4 Å². The molecule has 0 amide bonds. The largest absolute Gasteiger partial charge is 0.454 e. The average Bonchev–Trinajstić information content (AvgIpc) is 2.15. The van der Waals surface area contributed by atoms with Crippen LogP contribution in [0.25, 0.3) is 0 Å².